The van der Waals surface area contributed by atoms with Crippen molar-refractivity contribution in [2.45, 2.75) is 64.5 Å². The summed E-state index contributed by atoms with van der Waals surface area (Å²) in [6, 6.07) is 10.0. The molecule has 4 rings (SSSR count). The average Bonchev–Trinajstić information content (AvgIpc) is 3.46. The van der Waals surface area contributed by atoms with Crippen molar-refractivity contribution in [3.63, 3.8) is 0 Å². The Morgan fingerprint density at radius 2 is 1.72 bits per heavy atom. The summed E-state index contributed by atoms with van der Waals surface area (Å²) in [4.78, 5) is 57.3. The quantitative estimate of drug-likeness (QED) is 0.416. The van der Waals surface area contributed by atoms with E-state index in [1.807, 2.05) is 33.8 Å². The van der Waals surface area contributed by atoms with E-state index in [1.165, 1.54) is 16.8 Å². The summed E-state index contributed by atoms with van der Waals surface area (Å²) in [6.07, 6.45) is 0.489. The van der Waals surface area contributed by atoms with Crippen LogP contribution in [0.4, 0.5) is 20.2 Å². The van der Waals surface area contributed by atoms with E-state index >= 15 is 0 Å². The minimum Gasteiger partial charge on any atom is -0.333 e. The lowest BCUT2D eigenvalue weighted by atomic mass is 9.80. The number of likely N-dealkylation sites (tertiary alicyclic amines) is 1. The summed E-state index contributed by atoms with van der Waals surface area (Å²) in [7, 11) is 1.44. The predicted molar refractivity (Wildman–Crippen MR) is 156 cm³/mol. The highest BCUT2D eigenvalue weighted by Gasteiger charge is 2.56. The largest absolute Gasteiger partial charge is 0.333 e. The molecule has 0 aromatic heterocycles. The summed E-state index contributed by atoms with van der Waals surface area (Å²) in [6.45, 7) is 7.42. The van der Waals surface area contributed by atoms with Crippen LogP contribution < -0.4 is 10.6 Å². The number of likely N-dealkylation sites (N-methyl/N-ethyl adjacent to an activating group) is 1. The smallest absolute Gasteiger partial charge is 0.246 e. The van der Waals surface area contributed by atoms with Gasteiger partial charge < -0.3 is 20.4 Å². The number of benzene rings is 2. The molecule has 43 heavy (non-hydrogen) atoms. The maximum Gasteiger partial charge on any atom is 0.246 e. The van der Waals surface area contributed by atoms with Crippen molar-refractivity contribution in [3.8, 4) is 6.07 Å². The van der Waals surface area contributed by atoms with Gasteiger partial charge in [-0.15, -0.1) is 0 Å². The van der Waals surface area contributed by atoms with E-state index in [2.05, 4.69) is 16.7 Å². The number of carbonyl (C=O) groups is 4. The molecule has 2 aliphatic heterocycles. The van der Waals surface area contributed by atoms with Crippen molar-refractivity contribution in [3.05, 3.63) is 59.7 Å². The number of para-hydroxylation sites is 1. The van der Waals surface area contributed by atoms with E-state index < -0.39 is 52.8 Å². The fourth-order valence-corrected chi connectivity index (χ4v) is 6.09. The van der Waals surface area contributed by atoms with E-state index in [0.29, 0.717) is 11.8 Å². The van der Waals surface area contributed by atoms with Crippen LogP contribution in [-0.2, 0) is 24.6 Å². The summed E-state index contributed by atoms with van der Waals surface area (Å²) in [5.41, 5.74) is 0.154. The minimum absolute atomic E-state index is 0.0232. The van der Waals surface area contributed by atoms with Gasteiger partial charge in [0.05, 0.1) is 11.5 Å². The third-order valence-corrected chi connectivity index (χ3v) is 8.16. The van der Waals surface area contributed by atoms with Crippen LogP contribution in [0.1, 0.15) is 52.5 Å². The number of nitrogens with one attached hydrogen (secondary N) is 2. The van der Waals surface area contributed by atoms with E-state index in [-0.39, 0.29) is 49.2 Å². The highest BCUT2D eigenvalue weighted by molar-refractivity contribution is 6.08. The Bertz CT molecular complexity index is 1450. The van der Waals surface area contributed by atoms with Crippen LogP contribution in [0.15, 0.2) is 42.5 Å². The van der Waals surface area contributed by atoms with E-state index in [1.54, 1.807) is 18.2 Å². The van der Waals surface area contributed by atoms with Crippen LogP contribution in [0, 0.1) is 40.7 Å². The molecular weight excluding hydrogens is 556 g/mol. The normalized spacial score (nSPS) is 20.5. The van der Waals surface area contributed by atoms with Crippen LogP contribution in [0.3, 0.4) is 0 Å². The summed E-state index contributed by atoms with van der Waals surface area (Å²) in [5, 5.41) is 15.4. The number of hydrogen-bond donors (Lipinski definition) is 2. The molecule has 9 nitrogen and oxygen atoms in total. The standard InChI is InChI=1S/C32H37F2N5O4/c1-18(2)10-24(28(40)36-22-13-20(33)12-21(34)14-22)29(41)38(5)27(11-19(3)4)30(42)39-17-32(15-23(39)16-35)25-8-6-7-9-26(25)37-31(32)43/h6-9,12-14,18-19,23-24,27H,10-11,15,17H2,1-5H3,(H,36,40)(H,37,43)/t23-,24+,27-,32-/m0/s1. The number of nitrogens with zero attached hydrogens (tertiary/aromatic N) is 3. The molecule has 0 bridgehead atoms. The topological polar surface area (TPSA) is 123 Å². The maximum atomic E-state index is 14.2. The SMILES string of the molecule is CC(C)C[C@H](C(=O)Nc1cc(F)cc(F)c1)C(=O)N(C)[C@@H](CC(C)C)C(=O)N1C[C@]2(C[C@H]1C#N)C(=O)Nc1ccccc12. The van der Waals surface area contributed by atoms with E-state index in [9.17, 15) is 33.2 Å². The molecule has 2 aromatic rings. The van der Waals surface area contributed by atoms with Crippen LogP contribution in [0.5, 0.6) is 0 Å². The molecule has 0 aliphatic carbocycles. The Labute approximate surface area is 250 Å². The molecule has 2 aliphatic rings. The zero-order valence-electron chi connectivity index (χ0n) is 25.0. The lowest BCUT2D eigenvalue weighted by Gasteiger charge is -2.35. The van der Waals surface area contributed by atoms with Crippen molar-refractivity contribution in [2.24, 2.45) is 17.8 Å². The van der Waals surface area contributed by atoms with E-state index in [0.717, 1.165) is 17.7 Å². The number of fused-ring (bicyclic) bond motifs is 2. The van der Waals surface area contributed by atoms with Gasteiger partial charge in [0.15, 0.2) is 0 Å². The summed E-state index contributed by atoms with van der Waals surface area (Å²) >= 11 is 0. The second-order valence-corrected chi connectivity index (χ2v) is 12.3. The zero-order chi connectivity index (χ0) is 31.6. The monoisotopic (exact) mass is 593 g/mol. The molecule has 2 heterocycles. The van der Waals surface area contributed by atoms with Gasteiger partial charge in [0, 0.05) is 37.5 Å². The highest BCUT2D eigenvalue weighted by atomic mass is 19.1. The first kappa shape index (κ1) is 31.6. The molecule has 11 heteroatoms. The van der Waals surface area contributed by atoms with Gasteiger partial charge in [-0.1, -0.05) is 45.9 Å². The Balaban J connectivity index is 1.62. The zero-order valence-corrected chi connectivity index (χ0v) is 25.0. The first-order valence-electron chi connectivity index (χ1n) is 14.4. The van der Waals surface area contributed by atoms with Crippen molar-refractivity contribution in [1.82, 2.24) is 9.80 Å². The van der Waals surface area contributed by atoms with Gasteiger partial charge in [-0.3, -0.25) is 19.2 Å². The van der Waals surface area contributed by atoms with Crippen molar-refractivity contribution < 1.29 is 28.0 Å². The predicted octanol–water partition coefficient (Wildman–Crippen LogP) is 4.45. The number of hydrogen-bond acceptors (Lipinski definition) is 5. The van der Waals surface area contributed by atoms with Gasteiger partial charge in [0.2, 0.25) is 23.6 Å². The Morgan fingerprint density at radius 1 is 1.09 bits per heavy atom. The van der Waals surface area contributed by atoms with Crippen LogP contribution in [0.2, 0.25) is 0 Å². The summed E-state index contributed by atoms with van der Waals surface area (Å²) < 4.78 is 27.5. The molecule has 2 aromatic carbocycles. The van der Waals surface area contributed by atoms with Crippen molar-refractivity contribution in [1.29, 1.82) is 5.26 Å². The van der Waals surface area contributed by atoms with Gasteiger partial charge in [-0.25, -0.2) is 8.78 Å². The highest BCUT2D eigenvalue weighted by Crippen LogP contribution is 2.46. The molecule has 2 N–H and O–H groups in total. The average molecular weight is 594 g/mol. The first-order chi connectivity index (χ1) is 20.3. The van der Waals surface area contributed by atoms with Crippen LogP contribution in [0.25, 0.3) is 0 Å². The molecule has 1 fully saturated rings. The number of halogens is 2. The third-order valence-electron chi connectivity index (χ3n) is 8.16. The van der Waals surface area contributed by atoms with Gasteiger partial charge >= 0.3 is 0 Å². The van der Waals surface area contributed by atoms with Crippen LogP contribution >= 0.6 is 0 Å². The number of nitriles is 1. The third kappa shape index (κ3) is 6.38. The molecule has 1 spiro atoms. The molecule has 0 radical (unpaired) electrons. The van der Waals surface area contributed by atoms with E-state index in [4.69, 9.17) is 0 Å². The van der Waals surface area contributed by atoms with Gasteiger partial charge in [0.1, 0.15) is 29.6 Å². The number of anilines is 2. The minimum atomic E-state index is -1.25. The second kappa shape index (κ2) is 12.5. The molecule has 0 unspecified atom stereocenters. The van der Waals surface area contributed by atoms with Gasteiger partial charge in [-0.2, -0.15) is 5.26 Å². The molecule has 4 amide bonds. The Morgan fingerprint density at radius 3 is 2.33 bits per heavy atom. The molecule has 228 valence electrons. The fraction of sp³-hybridized carbons (Fsp3) is 0.469. The number of carbonyl (C=O) groups excluding carboxylic acids is 4. The lowest BCUT2D eigenvalue weighted by molar-refractivity contribution is -0.150. The Kier molecular flexibility index (Phi) is 9.18. The van der Waals surface area contributed by atoms with Crippen molar-refractivity contribution >= 4 is 35.0 Å². The van der Waals surface area contributed by atoms with Gasteiger partial charge in [-0.05, 0) is 48.4 Å². The molecular formula is C32H37F2N5O4. The maximum absolute atomic E-state index is 14.2. The molecule has 1 saturated heterocycles. The first-order valence-corrected chi connectivity index (χ1v) is 14.4. The molecule has 0 saturated carbocycles. The van der Waals surface area contributed by atoms with Crippen LogP contribution in [-0.4, -0.2) is 59.1 Å². The number of rotatable bonds is 9. The lowest BCUT2D eigenvalue weighted by Crippen LogP contribution is -2.54. The van der Waals surface area contributed by atoms with Crippen molar-refractivity contribution in [2.75, 3.05) is 24.2 Å². The Hall–Kier alpha value is -4.33. The van der Waals surface area contributed by atoms with Gasteiger partial charge in [0.25, 0.3) is 0 Å². The molecule has 4 atom stereocenters. The second-order valence-electron chi connectivity index (χ2n) is 12.3. The fourth-order valence-electron chi connectivity index (χ4n) is 6.09. The summed E-state index contributed by atoms with van der Waals surface area (Å²) in [5.74, 6) is -5.29. The number of amides is 4.